The number of ketones is 1. The van der Waals surface area contributed by atoms with E-state index < -0.39 is 23.5 Å². The topological polar surface area (TPSA) is 79.3 Å². The van der Waals surface area contributed by atoms with Gasteiger partial charge in [0.1, 0.15) is 6.61 Å². The molecule has 3 aromatic carbocycles. The van der Waals surface area contributed by atoms with Crippen LogP contribution in [0.4, 0.5) is 0 Å². The van der Waals surface area contributed by atoms with Crippen LogP contribution in [0, 0.1) is 0 Å². The van der Waals surface area contributed by atoms with Gasteiger partial charge in [0.25, 0.3) is 5.91 Å². The summed E-state index contributed by atoms with van der Waals surface area (Å²) < 4.78 is 11.7. The van der Waals surface area contributed by atoms with Crippen molar-refractivity contribution < 1.29 is 24.2 Å². The molecule has 0 saturated heterocycles. The van der Waals surface area contributed by atoms with E-state index in [4.69, 9.17) is 9.47 Å². The number of ether oxygens (including phenoxy) is 2. The maximum atomic E-state index is 13.5. The minimum Gasteiger partial charge on any atom is -0.503 e. The normalized spacial score (nSPS) is 15.3. The lowest BCUT2D eigenvalue weighted by atomic mass is 9.95. The Morgan fingerprint density at radius 2 is 1.66 bits per heavy atom. The number of aliphatic hydroxyl groups is 1. The second-order valence-corrected chi connectivity index (χ2v) is 9.84. The van der Waals surface area contributed by atoms with Crippen LogP contribution in [-0.2, 0) is 16.2 Å². The van der Waals surface area contributed by atoms with E-state index in [0.717, 1.165) is 30.8 Å². The number of nitrogens with zero attached hydrogens (tertiary/aromatic N) is 2. The van der Waals surface area contributed by atoms with Crippen molar-refractivity contribution in [3.63, 3.8) is 0 Å². The Kier molecular flexibility index (Phi) is 10.3. The summed E-state index contributed by atoms with van der Waals surface area (Å²) in [6, 6.07) is 23.9. The fourth-order valence-corrected chi connectivity index (χ4v) is 5.02. The van der Waals surface area contributed by atoms with E-state index in [2.05, 4.69) is 18.7 Å². The molecule has 1 aliphatic rings. The average Bonchev–Trinajstić information content (AvgIpc) is 3.27. The number of methoxy groups -OCH3 is 1. The first-order valence-corrected chi connectivity index (χ1v) is 14.0. The third kappa shape index (κ3) is 7.24. The van der Waals surface area contributed by atoms with Crippen LogP contribution in [-0.4, -0.2) is 59.9 Å². The number of benzene rings is 3. The first kappa shape index (κ1) is 29.6. The van der Waals surface area contributed by atoms with E-state index in [1.807, 2.05) is 66.7 Å². The minimum atomic E-state index is -0.760. The van der Waals surface area contributed by atoms with Crippen LogP contribution in [0.1, 0.15) is 43.0 Å². The van der Waals surface area contributed by atoms with E-state index in [1.54, 1.807) is 30.2 Å². The molecule has 0 spiro atoms. The van der Waals surface area contributed by atoms with Crippen LogP contribution in [0.5, 0.6) is 11.5 Å². The van der Waals surface area contributed by atoms with E-state index >= 15 is 0 Å². The molecular formula is C34H38N2O5. The van der Waals surface area contributed by atoms with Crippen molar-refractivity contribution in [2.75, 3.05) is 33.3 Å². The lowest BCUT2D eigenvalue weighted by Crippen LogP contribution is -2.34. The van der Waals surface area contributed by atoms with Gasteiger partial charge in [0.15, 0.2) is 23.0 Å². The van der Waals surface area contributed by atoms with E-state index in [0.29, 0.717) is 36.6 Å². The van der Waals surface area contributed by atoms with Gasteiger partial charge in [0.05, 0.1) is 18.7 Å². The molecule has 0 radical (unpaired) electrons. The van der Waals surface area contributed by atoms with Crippen molar-refractivity contribution in [3.8, 4) is 11.5 Å². The van der Waals surface area contributed by atoms with Gasteiger partial charge >= 0.3 is 0 Å². The van der Waals surface area contributed by atoms with E-state index in [9.17, 15) is 14.7 Å². The van der Waals surface area contributed by atoms with E-state index in [1.165, 1.54) is 6.08 Å². The molecule has 1 heterocycles. The Morgan fingerprint density at radius 1 is 0.976 bits per heavy atom. The maximum absolute atomic E-state index is 13.5. The largest absolute Gasteiger partial charge is 0.503 e. The lowest BCUT2D eigenvalue weighted by Gasteiger charge is -2.28. The molecule has 1 aliphatic heterocycles. The number of carbonyl (C=O) groups excluding carboxylic acids is 2. The SMILES string of the molecule is CCN(CC)CCCN1C(=O)C(O)=C(C(=O)/C=C/c2ccccc2)C1c1ccc(OCc2ccccc2)c(OC)c1. The Hall–Kier alpha value is -4.36. The van der Waals surface area contributed by atoms with Gasteiger partial charge < -0.3 is 24.4 Å². The van der Waals surface area contributed by atoms with Gasteiger partial charge in [0, 0.05) is 6.54 Å². The Bertz CT molecular complexity index is 1380. The first-order chi connectivity index (χ1) is 20.0. The molecule has 214 valence electrons. The summed E-state index contributed by atoms with van der Waals surface area (Å²) in [6.07, 6.45) is 3.80. The number of allylic oxidation sites excluding steroid dienone is 1. The van der Waals surface area contributed by atoms with Crippen LogP contribution in [0.15, 0.2) is 96.3 Å². The highest BCUT2D eigenvalue weighted by atomic mass is 16.5. The molecule has 0 saturated carbocycles. The second-order valence-electron chi connectivity index (χ2n) is 9.84. The fourth-order valence-electron chi connectivity index (χ4n) is 5.02. The molecule has 3 aromatic rings. The van der Waals surface area contributed by atoms with Gasteiger partial charge in [-0.25, -0.2) is 0 Å². The Labute approximate surface area is 242 Å². The predicted molar refractivity (Wildman–Crippen MR) is 161 cm³/mol. The number of rotatable bonds is 14. The molecule has 1 unspecified atom stereocenters. The molecule has 0 aromatic heterocycles. The molecule has 0 fully saturated rings. The van der Waals surface area contributed by atoms with Gasteiger partial charge in [-0.2, -0.15) is 0 Å². The molecule has 7 heteroatoms. The predicted octanol–water partition coefficient (Wildman–Crippen LogP) is 5.98. The molecular weight excluding hydrogens is 516 g/mol. The molecule has 1 amide bonds. The summed E-state index contributed by atoms with van der Waals surface area (Å²) >= 11 is 0. The molecule has 0 bridgehead atoms. The van der Waals surface area contributed by atoms with Crippen LogP contribution < -0.4 is 9.47 Å². The van der Waals surface area contributed by atoms with Crippen LogP contribution >= 0.6 is 0 Å². The van der Waals surface area contributed by atoms with Crippen LogP contribution in [0.3, 0.4) is 0 Å². The Morgan fingerprint density at radius 3 is 2.32 bits per heavy atom. The fraction of sp³-hybridized carbons (Fsp3) is 0.294. The van der Waals surface area contributed by atoms with Crippen LogP contribution in [0.2, 0.25) is 0 Å². The zero-order valence-electron chi connectivity index (χ0n) is 24.0. The summed E-state index contributed by atoms with van der Waals surface area (Å²) in [6.45, 7) is 7.58. The average molecular weight is 555 g/mol. The number of aliphatic hydroxyl groups excluding tert-OH is 1. The second kappa shape index (κ2) is 14.3. The molecule has 1 N–H and O–H groups in total. The highest BCUT2D eigenvalue weighted by Crippen LogP contribution is 2.41. The molecule has 7 nitrogen and oxygen atoms in total. The summed E-state index contributed by atoms with van der Waals surface area (Å²) in [5, 5.41) is 11.0. The van der Waals surface area contributed by atoms with Crippen molar-refractivity contribution in [3.05, 3.63) is 113 Å². The van der Waals surface area contributed by atoms with Crippen molar-refractivity contribution in [2.45, 2.75) is 32.9 Å². The van der Waals surface area contributed by atoms with Gasteiger partial charge in [-0.3, -0.25) is 9.59 Å². The van der Waals surface area contributed by atoms with Gasteiger partial charge in [0.2, 0.25) is 0 Å². The molecule has 0 aliphatic carbocycles. The standard InChI is InChI=1S/C34H38N2O5/c1-4-35(5-2)21-12-22-36-32(31(33(38)34(36)39)28(37)19-17-25-13-8-6-9-14-25)27-18-20-29(30(23-27)40-3)41-24-26-15-10-7-11-16-26/h6-11,13-20,23,32,38H,4-5,12,21-22,24H2,1-3H3/b19-17+. The number of carbonyl (C=O) groups is 2. The maximum Gasteiger partial charge on any atom is 0.290 e. The monoisotopic (exact) mass is 554 g/mol. The van der Waals surface area contributed by atoms with Crippen molar-refractivity contribution >= 4 is 17.8 Å². The van der Waals surface area contributed by atoms with Gasteiger partial charge in [-0.05, 0) is 61.0 Å². The van der Waals surface area contributed by atoms with Crippen molar-refractivity contribution in [2.24, 2.45) is 0 Å². The highest BCUT2D eigenvalue weighted by Gasteiger charge is 2.43. The van der Waals surface area contributed by atoms with Gasteiger partial charge in [-0.1, -0.05) is 86.7 Å². The summed E-state index contributed by atoms with van der Waals surface area (Å²) in [7, 11) is 1.55. The smallest absolute Gasteiger partial charge is 0.290 e. The quantitative estimate of drug-likeness (QED) is 0.247. The Balaban J connectivity index is 1.64. The third-order valence-corrected chi connectivity index (χ3v) is 7.30. The highest BCUT2D eigenvalue weighted by molar-refractivity contribution is 6.14. The number of hydrogen-bond donors (Lipinski definition) is 1. The zero-order valence-corrected chi connectivity index (χ0v) is 24.0. The van der Waals surface area contributed by atoms with Crippen molar-refractivity contribution in [1.82, 2.24) is 9.80 Å². The molecule has 41 heavy (non-hydrogen) atoms. The number of amides is 1. The van der Waals surface area contributed by atoms with E-state index in [-0.39, 0.29) is 5.57 Å². The van der Waals surface area contributed by atoms with Crippen LogP contribution in [0.25, 0.3) is 6.08 Å². The zero-order chi connectivity index (χ0) is 29.2. The minimum absolute atomic E-state index is 0.0602. The lowest BCUT2D eigenvalue weighted by molar-refractivity contribution is -0.129. The summed E-state index contributed by atoms with van der Waals surface area (Å²) in [5.41, 5.74) is 2.58. The number of hydrogen-bond acceptors (Lipinski definition) is 6. The van der Waals surface area contributed by atoms with Crippen molar-refractivity contribution in [1.29, 1.82) is 0 Å². The molecule has 1 atom stereocenters. The third-order valence-electron chi connectivity index (χ3n) is 7.30. The molecule has 4 rings (SSSR count). The van der Waals surface area contributed by atoms with Gasteiger partial charge in [-0.15, -0.1) is 0 Å². The summed E-state index contributed by atoms with van der Waals surface area (Å²) in [5.74, 6) is -0.452. The first-order valence-electron chi connectivity index (χ1n) is 14.0. The summed E-state index contributed by atoms with van der Waals surface area (Å²) in [4.78, 5) is 30.7.